The van der Waals surface area contributed by atoms with Gasteiger partial charge in [-0.1, -0.05) is 30.7 Å². The Bertz CT molecular complexity index is 1150. The summed E-state index contributed by atoms with van der Waals surface area (Å²) in [5.41, 5.74) is 10.5. The number of benzene rings is 3. The second-order valence-electron chi connectivity index (χ2n) is 9.43. The Kier molecular flexibility index (Phi) is 4.98. The summed E-state index contributed by atoms with van der Waals surface area (Å²) in [4.78, 5) is 15.2. The van der Waals surface area contributed by atoms with E-state index >= 15 is 0 Å². The lowest BCUT2D eigenvalue weighted by atomic mass is 9.74. The Morgan fingerprint density at radius 3 is 2.35 bits per heavy atom. The summed E-state index contributed by atoms with van der Waals surface area (Å²) in [6.45, 7) is 3.52. The number of carbonyl (C=O) groups excluding carboxylic acids is 1. The van der Waals surface area contributed by atoms with Crippen LogP contribution in [0.15, 0.2) is 54.6 Å². The molecule has 1 atom stereocenters. The van der Waals surface area contributed by atoms with Crippen LogP contribution in [0.25, 0.3) is 21.9 Å². The van der Waals surface area contributed by atoms with E-state index < -0.39 is 0 Å². The summed E-state index contributed by atoms with van der Waals surface area (Å²) in [5, 5.41) is 12.0. The molecule has 1 spiro atoms. The molecular weight excluding hydrogens is 384 g/mol. The molecule has 1 heterocycles. The number of phenols is 1. The van der Waals surface area contributed by atoms with Crippen LogP contribution in [-0.4, -0.2) is 35.0 Å². The predicted octanol–water partition coefficient (Wildman–Crippen LogP) is 5.25. The maximum atomic E-state index is 13.2. The fourth-order valence-electron chi connectivity index (χ4n) is 5.52. The highest BCUT2D eigenvalue weighted by Gasteiger charge is 2.43. The quantitative estimate of drug-likeness (QED) is 0.601. The first-order valence-corrected chi connectivity index (χ1v) is 11.3. The van der Waals surface area contributed by atoms with Gasteiger partial charge in [0.15, 0.2) is 0 Å². The summed E-state index contributed by atoms with van der Waals surface area (Å²) in [7, 11) is 0. The normalized spacial score (nSPS) is 20.5. The molecule has 0 aromatic heterocycles. The number of likely N-dealkylation sites (tertiary alicyclic amines) is 1. The van der Waals surface area contributed by atoms with Crippen molar-refractivity contribution in [1.29, 1.82) is 0 Å². The average molecular weight is 415 g/mol. The number of nitrogens with zero attached hydrogens (tertiary/aromatic N) is 1. The van der Waals surface area contributed by atoms with Crippen molar-refractivity contribution in [2.75, 3.05) is 13.1 Å². The first-order chi connectivity index (χ1) is 14.9. The van der Waals surface area contributed by atoms with Crippen molar-refractivity contribution < 1.29 is 9.90 Å². The van der Waals surface area contributed by atoms with Crippen LogP contribution in [0.4, 0.5) is 0 Å². The van der Waals surface area contributed by atoms with Gasteiger partial charge in [0, 0.05) is 24.7 Å². The fraction of sp³-hybridized carbons (Fsp3) is 0.370. The van der Waals surface area contributed by atoms with Crippen molar-refractivity contribution in [3.8, 4) is 16.9 Å². The second kappa shape index (κ2) is 7.69. The van der Waals surface area contributed by atoms with E-state index in [0.29, 0.717) is 11.8 Å². The summed E-state index contributed by atoms with van der Waals surface area (Å²) in [6, 6.07) is 18.3. The van der Waals surface area contributed by atoms with E-state index in [4.69, 9.17) is 5.73 Å². The molecule has 1 saturated heterocycles. The minimum absolute atomic E-state index is 0.126. The Morgan fingerprint density at radius 2 is 1.65 bits per heavy atom. The lowest BCUT2D eigenvalue weighted by Crippen LogP contribution is -2.48. The topological polar surface area (TPSA) is 66.6 Å². The van der Waals surface area contributed by atoms with Crippen molar-refractivity contribution in [3.05, 3.63) is 65.7 Å². The van der Waals surface area contributed by atoms with Crippen LogP contribution in [-0.2, 0) is 0 Å². The highest BCUT2D eigenvalue weighted by atomic mass is 16.3. The van der Waals surface area contributed by atoms with Gasteiger partial charge in [0.25, 0.3) is 5.91 Å². The van der Waals surface area contributed by atoms with Crippen LogP contribution in [0, 0.1) is 12.3 Å². The van der Waals surface area contributed by atoms with Crippen molar-refractivity contribution in [2.45, 2.75) is 45.1 Å². The number of nitrogens with two attached hydrogens (primary N) is 1. The molecule has 1 aliphatic heterocycles. The molecule has 0 bridgehead atoms. The van der Waals surface area contributed by atoms with Crippen LogP contribution >= 0.6 is 0 Å². The van der Waals surface area contributed by atoms with Crippen molar-refractivity contribution in [2.24, 2.45) is 11.1 Å². The first-order valence-electron chi connectivity index (χ1n) is 11.3. The van der Waals surface area contributed by atoms with Crippen LogP contribution in [0.2, 0.25) is 0 Å². The zero-order valence-corrected chi connectivity index (χ0v) is 18.1. The lowest BCUT2D eigenvalue weighted by molar-refractivity contribution is 0.0557. The number of hydrogen-bond acceptors (Lipinski definition) is 3. The molecule has 1 saturated carbocycles. The third-order valence-corrected chi connectivity index (χ3v) is 7.64. The molecule has 1 aliphatic carbocycles. The Balaban J connectivity index is 1.35. The monoisotopic (exact) mass is 414 g/mol. The lowest BCUT2D eigenvalue weighted by Gasteiger charge is -2.42. The minimum atomic E-state index is 0.126. The van der Waals surface area contributed by atoms with E-state index in [0.717, 1.165) is 65.4 Å². The Morgan fingerprint density at radius 1 is 0.968 bits per heavy atom. The first kappa shape index (κ1) is 20.1. The van der Waals surface area contributed by atoms with Gasteiger partial charge >= 0.3 is 0 Å². The molecule has 1 amide bonds. The van der Waals surface area contributed by atoms with Crippen LogP contribution in [0.1, 0.15) is 48.0 Å². The number of rotatable bonds is 2. The second-order valence-corrected chi connectivity index (χ2v) is 9.43. The maximum Gasteiger partial charge on any atom is 0.253 e. The van der Waals surface area contributed by atoms with Gasteiger partial charge in [-0.2, -0.15) is 0 Å². The minimum Gasteiger partial charge on any atom is -0.508 e. The summed E-state index contributed by atoms with van der Waals surface area (Å²) in [6.07, 6.45) is 5.64. The average Bonchev–Trinajstić information content (AvgIpc) is 3.14. The van der Waals surface area contributed by atoms with Gasteiger partial charge in [0.05, 0.1) is 0 Å². The van der Waals surface area contributed by atoms with E-state index in [1.54, 1.807) is 6.07 Å². The molecule has 4 nitrogen and oxygen atoms in total. The van der Waals surface area contributed by atoms with Crippen LogP contribution in [0.3, 0.4) is 0 Å². The molecule has 0 radical (unpaired) electrons. The largest absolute Gasteiger partial charge is 0.508 e. The SMILES string of the molecule is Cc1cc(-c2ccc3cc(C(=O)N4CCC5(CCCC5N)CC4)ccc3c2)ccc1O. The number of carbonyl (C=O) groups is 1. The zero-order chi connectivity index (χ0) is 21.6. The van der Waals surface area contributed by atoms with Crippen molar-refractivity contribution in [3.63, 3.8) is 0 Å². The third-order valence-electron chi connectivity index (χ3n) is 7.64. The zero-order valence-electron chi connectivity index (χ0n) is 18.1. The molecule has 3 aromatic carbocycles. The number of piperidine rings is 1. The molecule has 3 N–H and O–H groups in total. The van der Waals surface area contributed by atoms with Crippen LogP contribution in [0.5, 0.6) is 5.75 Å². The Hall–Kier alpha value is -2.85. The van der Waals surface area contributed by atoms with Crippen molar-refractivity contribution in [1.82, 2.24) is 4.90 Å². The van der Waals surface area contributed by atoms with Gasteiger partial charge in [0.1, 0.15) is 5.75 Å². The van der Waals surface area contributed by atoms with Gasteiger partial charge in [-0.3, -0.25) is 4.79 Å². The number of aryl methyl sites for hydroxylation is 1. The van der Waals surface area contributed by atoms with Gasteiger partial charge < -0.3 is 15.7 Å². The summed E-state index contributed by atoms with van der Waals surface area (Å²) >= 11 is 0. The van der Waals surface area contributed by atoms with E-state index in [1.807, 2.05) is 42.2 Å². The molecule has 2 fully saturated rings. The summed E-state index contributed by atoms with van der Waals surface area (Å²) in [5.74, 6) is 0.438. The van der Waals surface area contributed by atoms with Gasteiger partial charge in [-0.25, -0.2) is 0 Å². The van der Waals surface area contributed by atoms with Gasteiger partial charge in [0.2, 0.25) is 0 Å². The van der Waals surface area contributed by atoms with E-state index in [-0.39, 0.29) is 11.3 Å². The van der Waals surface area contributed by atoms with E-state index in [2.05, 4.69) is 18.2 Å². The molecule has 4 heteroatoms. The molecule has 3 aromatic rings. The number of phenolic OH excluding ortho intramolecular Hbond substituents is 1. The number of hydrogen-bond donors (Lipinski definition) is 2. The molecule has 31 heavy (non-hydrogen) atoms. The highest BCUT2D eigenvalue weighted by Crippen LogP contribution is 2.45. The number of aromatic hydroxyl groups is 1. The number of amides is 1. The fourth-order valence-corrected chi connectivity index (χ4v) is 5.52. The molecule has 2 aliphatic rings. The molecule has 1 unspecified atom stereocenters. The van der Waals surface area contributed by atoms with Gasteiger partial charge in [-0.05, 0) is 95.8 Å². The van der Waals surface area contributed by atoms with Gasteiger partial charge in [-0.15, -0.1) is 0 Å². The molecular formula is C27H30N2O2. The Labute approximate surface area is 183 Å². The molecule has 160 valence electrons. The van der Waals surface area contributed by atoms with Crippen LogP contribution < -0.4 is 5.73 Å². The number of fused-ring (bicyclic) bond motifs is 1. The summed E-state index contributed by atoms with van der Waals surface area (Å²) < 4.78 is 0. The van der Waals surface area contributed by atoms with E-state index in [9.17, 15) is 9.90 Å². The predicted molar refractivity (Wildman–Crippen MR) is 125 cm³/mol. The third kappa shape index (κ3) is 3.59. The van der Waals surface area contributed by atoms with Crippen molar-refractivity contribution >= 4 is 16.7 Å². The standard InChI is InChI=1S/C27H30N2O2/c1-18-15-19(8-9-24(18)30)20-4-5-22-17-23(7-6-21(22)16-20)26(31)29-13-11-27(12-14-29)10-2-3-25(27)28/h4-9,15-17,25,30H,2-3,10-14,28H2,1H3. The smallest absolute Gasteiger partial charge is 0.253 e. The maximum absolute atomic E-state index is 13.2. The highest BCUT2D eigenvalue weighted by molar-refractivity contribution is 5.99. The molecule has 5 rings (SSSR count). The van der Waals surface area contributed by atoms with E-state index in [1.165, 1.54) is 12.8 Å².